The highest BCUT2D eigenvalue weighted by Gasteiger charge is 2.21. The number of hydrogen-bond donors (Lipinski definition) is 1. The van der Waals surface area contributed by atoms with Crippen LogP contribution in [0.4, 0.5) is 0 Å². The maximum Gasteiger partial charge on any atom is 0.252 e. The van der Waals surface area contributed by atoms with Gasteiger partial charge in [0.15, 0.2) is 0 Å². The molecule has 0 saturated heterocycles. The Labute approximate surface area is 150 Å². The van der Waals surface area contributed by atoms with Crippen LogP contribution in [0.1, 0.15) is 27.8 Å². The van der Waals surface area contributed by atoms with Crippen molar-refractivity contribution in [2.24, 2.45) is 7.05 Å². The van der Waals surface area contributed by atoms with Crippen molar-refractivity contribution in [3.8, 4) is 0 Å². The molecule has 0 radical (unpaired) electrons. The maximum atomic E-state index is 12.7. The summed E-state index contributed by atoms with van der Waals surface area (Å²) in [6.07, 6.45) is 3.54. The molecule has 0 aliphatic heterocycles. The lowest BCUT2D eigenvalue weighted by Crippen LogP contribution is -2.31. The maximum absolute atomic E-state index is 12.7. The number of imidazole rings is 1. The predicted octanol–water partition coefficient (Wildman–Crippen LogP) is 4.25. The van der Waals surface area contributed by atoms with Gasteiger partial charge in [0, 0.05) is 35.1 Å². The zero-order valence-corrected chi connectivity index (χ0v) is 14.4. The van der Waals surface area contributed by atoms with Gasteiger partial charge in [0.25, 0.3) is 5.91 Å². The molecule has 0 aliphatic carbocycles. The Kier molecular flexibility index (Phi) is 4.88. The molecule has 6 heteroatoms. The summed E-state index contributed by atoms with van der Waals surface area (Å²) in [5.41, 5.74) is 1.34. The fourth-order valence-corrected chi connectivity index (χ4v) is 3.02. The Morgan fingerprint density at radius 2 is 1.79 bits per heavy atom. The quantitative estimate of drug-likeness (QED) is 0.756. The summed E-state index contributed by atoms with van der Waals surface area (Å²) < 4.78 is 1.88. The highest BCUT2D eigenvalue weighted by molar-refractivity contribution is 6.35. The summed E-state index contributed by atoms with van der Waals surface area (Å²) in [4.78, 5) is 17.0. The van der Waals surface area contributed by atoms with Gasteiger partial charge in [0.2, 0.25) is 0 Å². The van der Waals surface area contributed by atoms with Gasteiger partial charge in [-0.3, -0.25) is 4.79 Å². The van der Waals surface area contributed by atoms with Crippen LogP contribution < -0.4 is 5.32 Å². The van der Waals surface area contributed by atoms with Crippen LogP contribution in [0.3, 0.4) is 0 Å². The largest absolute Gasteiger partial charge is 0.338 e. The van der Waals surface area contributed by atoms with Gasteiger partial charge in [-0.2, -0.15) is 0 Å². The molecule has 1 N–H and O–H groups in total. The van der Waals surface area contributed by atoms with Crippen molar-refractivity contribution in [3.63, 3.8) is 0 Å². The average Bonchev–Trinajstić information content (AvgIpc) is 2.98. The Morgan fingerprint density at radius 3 is 2.38 bits per heavy atom. The lowest BCUT2D eigenvalue weighted by Gasteiger charge is -2.19. The van der Waals surface area contributed by atoms with Crippen molar-refractivity contribution in [2.45, 2.75) is 6.04 Å². The molecule has 0 spiro atoms. The summed E-state index contributed by atoms with van der Waals surface area (Å²) in [7, 11) is 1.89. The van der Waals surface area contributed by atoms with E-state index in [-0.39, 0.29) is 11.9 Å². The van der Waals surface area contributed by atoms with Gasteiger partial charge in [0.05, 0.1) is 0 Å². The van der Waals surface area contributed by atoms with Crippen LogP contribution in [0.15, 0.2) is 60.9 Å². The molecule has 3 rings (SSSR count). The van der Waals surface area contributed by atoms with E-state index in [1.54, 1.807) is 24.4 Å². The third-order valence-corrected chi connectivity index (χ3v) is 4.09. The highest BCUT2D eigenvalue weighted by atomic mass is 35.5. The summed E-state index contributed by atoms with van der Waals surface area (Å²) in [6.45, 7) is 0. The van der Waals surface area contributed by atoms with Gasteiger partial charge in [-0.1, -0.05) is 53.5 Å². The summed E-state index contributed by atoms with van der Waals surface area (Å²) in [5.74, 6) is 0.471. The van der Waals surface area contributed by atoms with Crippen LogP contribution in [0, 0.1) is 0 Å². The molecular weight excluding hydrogens is 345 g/mol. The molecule has 24 heavy (non-hydrogen) atoms. The SMILES string of the molecule is Cn1ccnc1[C@H](NC(=O)c1cc(Cl)cc(Cl)c1)c1ccccc1. The van der Waals surface area contributed by atoms with Crippen molar-refractivity contribution in [3.05, 3.63) is 87.9 Å². The van der Waals surface area contributed by atoms with Gasteiger partial charge >= 0.3 is 0 Å². The first-order chi connectivity index (χ1) is 11.5. The van der Waals surface area contributed by atoms with E-state index in [0.717, 1.165) is 11.4 Å². The standard InChI is InChI=1S/C18H15Cl2N3O/c1-23-8-7-21-17(23)16(12-5-3-2-4-6-12)22-18(24)13-9-14(19)11-15(20)10-13/h2-11,16H,1H3,(H,22,24)/t16-/m1/s1. The summed E-state index contributed by atoms with van der Waals surface area (Å²) in [5, 5.41) is 3.84. The van der Waals surface area contributed by atoms with Crippen molar-refractivity contribution >= 4 is 29.1 Å². The highest BCUT2D eigenvalue weighted by Crippen LogP contribution is 2.23. The number of nitrogens with zero attached hydrogens (tertiary/aromatic N) is 2. The first-order valence-electron chi connectivity index (χ1n) is 7.34. The van der Waals surface area contributed by atoms with Crippen LogP contribution in [0.25, 0.3) is 0 Å². The fourth-order valence-electron chi connectivity index (χ4n) is 2.50. The third kappa shape index (κ3) is 3.61. The smallest absolute Gasteiger partial charge is 0.252 e. The van der Waals surface area contributed by atoms with Crippen LogP contribution in [0.2, 0.25) is 10.0 Å². The minimum atomic E-state index is -0.378. The number of carbonyl (C=O) groups excluding carboxylic acids is 1. The van der Waals surface area contributed by atoms with E-state index in [1.165, 1.54) is 0 Å². The van der Waals surface area contributed by atoms with Crippen molar-refractivity contribution in [1.82, 2.24) is 14.9 Å². The number of amides is 1. The van der Waals surface area contributed by atoms with Gasteiger partial charge < -0.3 is 9.88 Å². The van der Waals surface area contributed by atoms with Crippen molar-refractivity contribution in [2.75, 3.05) is 0 Å². The lowest BCUT2D eigenvalue weighted by molar-refractivity contribution is 0.0941. The monoisotopic (exact) mass is 359 g/mol. The molecule has 1 atom stereocenters. The van der Waals surface area contributed by atoms with E-state index >= 15 is 0 Å². The van der Waals surface area contributed by atoms with E-state index in [0.29, 0.717) is 15.6 Å². The van der Waals surface area contributed by atoms with Crippen LogP contribution >= 0.6 is 23.2 Å². The Hall–Kier alpha value is -2.30. The van der Waals surface area contributed by atoms with Crippen LogP contribution in [-0.4, -0.2) is 15.5 Å². The summed E-state index contributed by atoms with van der Waals surface area (Å²) in [6, 6.07) is 14.1. The topological polar surface area (TPSA) is 46.9 Å². The molecule has 1 heterocycles. The average molecular weight is 360 g/mol. The van der Waals surface area contributed by atoms with E-state index in [4.69, 9.17) is 23.2 Å². The molecule has 0 bridgehead atoms. The molecule has 4 nitrogen and oxygen atoms in total. The molecule has 3 aromatic rings. The number of nitrogens with one attached hydrogen (secondary N) is 1. The van der Waals surface area contributed by atoms with Crippen LogP contribution in [-0.2, 0) is 7.05 Å². The Bertz CT molecular complexity index is 841. The fraction of sp³-hybridized carbons (Fsp3) is 0.111. The molecule has 1 amide bonds. The number of rotatable bonds is 4. The van der Waals surface area contributed by atoms with Crippen LogP contribution in [0.5, 0.6) is 0 Å². The number of aryl methyl sites for hydroxylation is 1. The number of hydrogen-bond acceptors (Lipinski definition) is 2. The van der Waals surface area contributed by atoms with Gasteiger partial charge in [-0.05, 0) is 23.8 Å². The second kappa shape index (κ2) is 7.07. The second-order valence-electron chi connectivity index (χ2n) is 5.37. The van der Waals surface area contributed by atoms with Crippen molar-refractivity contribution in [1.29, 1.82) is 0 Å². The second-order valence-corrected chi connectivity index (χ2v) is 6.24. The molecular formula is C18H15Cl2N3O. The number of benzene rings is 2. The Morgan fingerprint density at radius 1 is 1.12 bits per heavy atom. The first-order valence-corrected chi connectivity index (χ1v) is 8.09. The zero-order chi connectivity index (χ0) is 17.1. The molecule has 2 aromatic carbocycles. The molecule has 0 unspecified atom stereocenters. The van der Waals surface area contributed by atoms with Gasteiger partial charge in [-0.15, -0.1) is 0 Å². The number of carbonyl (C=O) groups is 1. The van der Waals surface area contributed by atoms with E-state index in [1.807, 2.05) is 48.1 Å². The third-order valence-electron chi connectivity index (χ3n) is 3.65. The molecule has 0 fully saturated rings. The molecule has 0 saturated carbocycles. The molecule has 1 aromatic heterocycles. The van der Waals surface area contributed by atoms with E-state index in [2.05, 4.69) is 10.3 Å². The van der Waals surface area contributed by atoms with Gasteiger partial charge in [0.1, 0.15) is 11.9 Å². The van der Waals surface area contributed by atoms with Crippen molar-refractivity contribution < 1.29 is 4.79 Å². The predicted molar refractivity (Wildman–Crippen MR) is 95.4 cm³/mol. The van der Waals surface area contributed by atoms with Gasteiger partial charge in [-0.25, -0.2) is 4.98 Å². The Balaban J connectivity index is 1.95. The normalized spacial score (nSPS) is 12.0. The minimum absolute atomic E-state index is 0.267. The lowest BCUT2D eigenvalue weighted by atomic mass is 10.1. The minimum Gasteiger partial charge on any atom is -0.338 e. The first kappa shape index (κ1) is 16.6. The summed E-state index contributed by atoms with van der Waals surface area (Å²) >= 11 is 12.0. The zero-order valence-electron chi connectivity index (χ0n) is 12.9. The molecule has 0 aliphatic rings. The number of aromatic nitrogens is 2. The molecule has 122 valence electrons. The van der Waals surface area contributed by atoms with E-state index < -0.39 is 0 Å². The number of halogens is 2. The van der Waals surface area contributed by atoms with E-state index in [9.17, 15) is 4.79 Å².